The predicted octanol–water partition coefficient (Wildman–Crippen LogP) is 1.42. The standard InChI is InChI=1S/C17H22N2O4/c1-17(2,3)23-11-5-4-10-9-19(16(22)12(10)8-11)13-6-7-14(20)18-15(13)21/h4-5,8,13,15,21H,6-7,9H2,1-3H3,(H,18,20). The van der Waals surface area contributed by atoms with E-state index in [2.05, 4.69) is 5.32 Å². The number of rotatable bonds is 2. The summed E-state index contributed by atoms with van der Waals surface area (Å²) in [6.45, 7) is 6.31. The Bertz CT molecular complexity index is 650. The van der Waals surface area contributed by atoms with Gasteiger partial charge in [-0.05, 0) is 44.9 Å². The van der Waals surface area contributed by atoms with Gasteiger partial charge in [0.05, 0.1) is 6.04 Å². The van der Waals surface area contributed by atoms with Gasteiger partial charge in [-0.3, -0.25) is 9.59 Å². The van der Waals surface area contributed by atoms with E-state index < -0.39 is 6.23 Å². The summed E-state index contributed by atoms with van der Waals surface area (Å²) in [6.07, 6.45) is -0.224. The first-order valence-electron chi connectivity index (χ1n) is 7.85. The van der Waals surface area contributed by atoms with Crippen LogP contribution in [0.5, 0.6) is 5.75 Å². The van der Waals surface area contributed by atoms with E-state index in [1.54, 1.807) is 11.0 Å². The lowest BCUT2D eigenvalue weighted by Gasteiger charge is -2.35. The Hall–Kier alpha value is -2.08. The zero-order chi connectivity index (χ0) is 16.8. The second-order valence-electron chi connectivity index (χ2n) is 7.08. The third-order valence-electron chi connectivity index (χ3n) is 4.08. The molecule has 1 fully saturated rings. The topological polar surface area (TPSA) is 78.9 Å². The molecule has 1 aromatic rings. The molecule has 0 spiro atoms. The lowest BCUT2D eigenvalue weighted by atomic mass is 10.0. The summed E-state index contributed by atoms with van der Waals surface area (Å²) in [5.74, 6) is 0.349. The SMILES string of the molecule is CC(C)(C)Oc1ccc2c(c1)C(=O)N(C1CCC(=O)NC1O)C2. The minimum Gasteiger partial charge on any atom is -0.488 e. The molecule has 2 aliphatic rings. The Morgan fingerprint density at radius 1 is 1.30 bits per heavy atom. The predicted molar refractivity (Wildman–Crippen MR) is 83.9 cm³/mol. The first-order valence-corrected chi connectivity index (χ1v) is 7.85. The highest BCUT2D eigenvalue weighted by Gasteiger charge is 2.39. The number of aliphatic hydroxyl groups is 1. The number of fused-ring (bicyclic) bond motifs is 1. The number of nitrogens with zero attached hydrogens (tertiary/aromatic N) is 1. The van der Waals surface area contributed by atoms with Gasteiger partial charge in [-0.2, -0.15) is 0 Å². The molecule has 2 N–H and O–H groups in total. The van der Waals surface area contributed by atoms with Gasteiger partial charge < -0.3 is 20.1 Å². The molecule has 0 aromatic heterocycles. The van der Waals surface area contributed by atoms with Crippen molar-refractivity contribution in [1.29, 1.82) is 0 Å². The van der Waals surface area contributed by atoms with Crippen molar-refractivity contribution in [2.45, 2.75) is 58.0 Å². The number of ether oxygens (including phenoxy) is 1. The van der Waals surface area contributed by atoms with Gasteiger partial charge in [-0.1, -0.05) is 6.07 Å². The van der Waals surface area contributed by atoms with Crippen LogP contribution in [0.1, 0.15) is 49.5 Å². The molecule has 6 heteroatoms. The number of aliphatic hydroxyl groups excluding tert-OH is 1. The quantitative estimate of drug-likeness (QED) is 0.864. The van der Waals surface area contributed by atoms with Crippen LogP contribution in [0.25, 0.3) is 0 Å². The van der Waals surface area contributed by atoms with E-state index in [0.717, 1.165) is 5.56 Å². The number of piperidine rings is 1. The van der Waals surface area contributed by atoms with Crippen molar-refractivity contribution in [2.75, 3.05) is 0 Å². The highest BCUT2D eigenvalue weighted by atomic mass is 16.5. The molecule has 0 aliphatic carbocycles. The van der Waals surface area contributed by atoms with Crippen LogP contribution in [-0.4, -0.2) is 39.7 Å². The monoisotopic (exact) mass is 318 g/mol. The number of amides is 2. The molecule has 2 unspecified atom stereocenters. The Morgan fingerprint density at radius 3 is 2.70 bits per heavy atom. The summed E-state index contributed by atoms with van der Waals surface area (Å²) in [6, 6.07) is 5.12. The molecule has 3 rings (SSSR count). The van der Waals surface area contributed by atoms with Crippen LogP contribution < -0.4 is 10.1 Å². The van der Waals surface area contributed by atoms with E-state index in [9.17, 15) is 14.7 Å². The molecule has 2 aliphatic heterocycles. The summed E-state index contributed by atoms with van der Waals surface area (Å²) in [5.41, 5.74) is 1.19. The maximum atomic E-state index is 12.7. The molecule has 0 bridgehead atoms. The molecule has 23 heavy (non-hydrogen) atoms. The van der Waals surface area contributed by atoms with Gasteiger partial charge in [0.15, 0.2) is 0 Å². The van der Waals surface area contributed by atoms with Crippen LogP contribution in [0.3, 0.4) is 0 Å². The molecule has 2 atom stereocenters. The Labute approximate surface area is 135 Å². The normalized spacial score (nSPS) is 24.4. The van der Waals surface area contributed by atoms with Crippen molar-refractivity contribution in [3.8, 4) is 5.75 Å². The average molecular weight is 318 g/mol. The fourth-order valence-electron chi connectivity index (χ4n) is 3.08. The third-order valence-corrected chi connectivity index (χ3v) is 4.08. The van der Waals surface area contributed by atoms with E-state index in [4.69, 9.17) is 4.74 Å². The van der Waals surface area contributed by atoms with E-state index in [-0.39, 0.29) is 23.5 Å². The van der Waals surface area contributed by atoms with Crippen molar-refractivity contribution < 1.29 is 19.4 Å². The number of benzene rings is 1. The maximum Gasteiger partial charge on any atom is 0.255 e. The lowest BCUT2D eigenvalue weighted by Crippen LogP contribution is -2.55. The van der Waals surface area contributed by atoms with Crippen molar-refractivity contribution in [3.05, 3.63) is 29.3 Å². The molecular formula is C17H22N2O4. The fraction of sp³-hybridized carbons (Fsp3) is 0.529. The van der Waals surface area contributed by atoms with Crippen LogP contribution in [0.15, 0.2) is 18.2 Å². The summed E-state index contributed by atoms with van der Waals surface area (Å²) in [4.78, 5) is 25.6. The molecule has 6 nitrogen and oxygen atoms in total. The zero-order valence-electron chi connectivity index (χ0n) is 13.6. The summed E-state index contributed by atoms with van der Waals surface area (Å²) in [5, 5.41) is 12.5. The maximum absolute atomic E-state index is 12.7. The zero-order valence-corrected chi connectivity index (χ0v) is 13.6. The first-order chi connectivity index (χ1) is 10.7. The van der Waals surface area contributed by atoms with Gasteiger partial charge in [0, 0.05) is 18.5 Å². The van der Waals surface area contributed by atoms with E-state index in [1.807, 2.05) is 32.9 Å². The van der Waals surface area contributed by atoms with Crippen molar-refractivity contribution in [1.82, 2.24) is 10.2 Å². The van der Waals surface area contributed by atoms with Crippen LogP contribution in [0, 0.1) is 0 Å². The Kier molecular flexibility index (Phi) is 3.80. The average Bonchev–Trinajstić information content (AvgIpc) is 2.74. The molecule has 124 valence electrons. The molecule has 0 saturated carbocycles. The number of hydrogen-bond acceptors (Lipinski definition) is 4. The Balaban J connectivity index is 1.81. The minimum absolute atomic E-state index is 0.125. The minimum atomic E-state index is -1.01. The molecular weight excluding hydrogens is 296 g/mol. The van der Waals surface area contributed by atoms with E-state index in [0.29, 0.717) is 30.7 Å². The molecule has 2 amide bonds. The van der Waals surface area contributed by atoms with Gasteiger partial charge in [0.25, 0.3) is 5.91 Å². The van der Waals surface area contributed by atoms with Gasteiger partial charge >= 0.3 is 0 Å². The molecule has 1 aromatic carbocycles. The largest absolute Gasteiger partial charge is 0.488 e. The number of carbonyl (C=O) groups excluding carboxylic acids is 2. The lowest BCUT2D eigenvalue weighted by molar-refractivity contribution is -0.129. The second kappa shape index (κ2) is 5.53. The van der Waals surface area contributed by atoms with E-state index >= 15 is 0 Å². The smallest absolute Gasteiger partial charge is 0.255 e. The van der Waals surface area contributed by atoms with Crippen molar-refractivity contribution in [2.24, 2.45) is 0 Å². The number of carbonyl (C=O) groups is 2. The first kappa shape index (κ1) is 15.8. The van der Waals surface area contributed by atoms with Crippen LogP contribution in [0.4, 0.5) is 0 Å². The van der Waals surface area contributed by atoms with Crippen LogP contribution >= 0.6 is 0 Å². The summed E-state index contributed by atoms with van der Waals surface area (Å²) >= 11 is 0. The summed E-state index contributed by atoms with van der Waals surface area (Å²) in [7, 11) is 0. The third kappa shape index (κ3) is 3.17. The second-order valence-corrected chi connectivity index (χ2v) is 7.08. The highest BCUT2D eigenvalue weighted by molar-refractivity contribution is 5.99. The molecule has 1 saturated heterocycles. The molecule has 0 radical (unpaired) electrons. The van der Waals surface area contributed by atoms with Crippen LogP contribution in [0.2, 0.25) is 0 Å². The van der Waals surface area contributed by atoms with Gasteiger partial charge in [-0.15, -0.1) is 0 Å². The van der Waals surface area contributed by atoms with Gasteiger partial charge in [0.2, 0.25) is 5.91 Å². The van der Waals surface area contributed by atoms with Crippen molar-refractivity contribution in [3.63, 3.8) is 0 Å². The fourth-order valence-corrected chi connectivity index (χ4v) is 3.08. The highest BCUT2D eigenvalue weighted by Crippen LogP contribution is 2.31. The van der Waals surface area contributed by atoms with Gasteiger partial charge in [-0.25, -0.2) is 0 Å². The van der Waals surface area contributed by atoms with Gasteiger partial charge in [0.1, 0.15) is 17.6 Å². The Morgan fingerprint density at radius 2 is 2.04 bits per heavy atom. The summed E-state index contributed by atoms with van der Waals surface area (Å²) < 4.78 is 5.81. The van der Waals surface area contributed by atoms with Crippen molar-refractivity contribution >= 4 is 11.8 Å². The molecule has 2 heterocycles. The number of hydrogen-bond donors (Lipinski definition) is 2. The van der Waals surface area contributed by atoms with Crippen LogP contribution in [-0.2, 0) is 11.3 Å². The van der Waals surface area contributed by atoms with E-state index in [1.165, 1.54) is 0 Å². The number of nitrogens with one attached hydrogen (secondary N) is 1.